The van der Waals surface area contributed by atoms with Crippen molar-refractivity contribution in [2.45, 2.75) is 30.6 Å². The summed E-state index contributed by atoms with van der Waals surface area (Å²) in [4.78, 5) is 0.383. The van der Waals surface area contributed by atoms with Gasteiger partial charge in [-0.25, -0.2) is 12.6 Å². The van der Waals surface area contributed by atoms with Crippen LogP contribution in [-0.2, 0) is 21.1 Å². The third-order valence-corrected chi connectivity index (χ3v) is 6.30. The third-order valence-electron chi connectivity index (χ3n) is 3.70. The average Bonchev–Trinajstić information content (AvgIpc) is 2.46. The molecule has 2 aromatic rings. The molecule has 2 rings (SSSR count). The molecule has 0 bridgehead atoms. The first-order valence-corrected chi connectivity index (χ1v) is 9.47. The quantitative estimate of drug-likeness (QED) is 0.858. The highest BCUT2D eigenvalue weighted by atomic mass is 32.2. The molecular weight excluding hydrogens is 334 g/mol. The Bertz CT molecular complexity index is 858. The summed E-state index contributed by atoms with van der Waals surface area (Å²) in [7, 11) is -2.29. The molecule has 0 amide bonds. The summed E-state index contributed by atoms with van der Waals surface area (Å²) < 4.78 is 47.4. The molecule has 7 heteroatoms. The Balaban J connectivity index is 2.55. The maximum absolute atomic E-state index is 12.7. The van der Waals surface area contributed by atoms with Gasteiger partial charge in [-0.3, -0.25) is 4.31 Å². The first-order chi connectivity index (χ1) is 10.6. The van der Waals surface area contributed by atoms with E-state index in [1.807, 2.05) is 6.92 Å². The molecule has 0 aliphatic carbocycles. The van der Waals surface area contributed by atoms with Gasteiger partial charge in [-0.15, -0.1) is 0 Å². The summed E-state index contributed by atoms with van der Waals surface area (Å²) in [6.45, 7) is 5.37. The fourth-order valence-corrected chi connectivity index (χ4v) is 4.15. The monoisotopic (exact) mass is 353 g/mol. The van der Waals surface area contributed by atoms with E-state index in [9.17, 15) is 17.2 Å². The number of sulfonamides is 1. The molecule has 0 aliphatic heterocycles. The Kier molecular flexibility index (Phi) is 4.93. The van der Waals surface area contributed by atoms with Crippen molar-refractivity contribution in [3.05, 3.63) is 53.1 Å². The Labute approximate surface area is 139 Å². The summed E-state index contributed by atoms with van der Waals surface area (Å²) in [6, 6.07) is 9.73. The lowest BCUT2D eigenvalue weighted by molar-refractivity contribution is 0.563. The van der Waals surface area contributed by atoms with Crippen molar-refractivity contribution in [1.82, 2.24) is 0 Å². The highest BCUT2D eigenvalue weighted by molar-refractivity contribution is 7.92. The number of hydrogen-bond donors (Lipinski definition) is 1. The Hall–Kier alpha value is -1.70. The van der Waals surface area contributed by atoms with Gasteiger partial charge >= 0.3 is 0 Å². The van der Waals surface area contributed by atoms with E-state index in [-0.39, 0.29) is 9.79 Å². The minimum absolute atomic E-state index is 0.178. The lowest BCUT2D eigenvalue weighted by atomic mass is 10.1. The van der Waals surface area contributed by atoms with E-state index in [1.165, 1.54) is 13.1 Å². The van der Waals surface area contributed by atoms with Gasteiger partial charge in [0.1, 0.15) is 0 Å². The fraction of sp³-hybridized carbons (Fsp3) is 0.250. The van der Waals surface area contributed by atoms with Crippen LogP contribution in [0.15, 0.2) is 46.2 Å². The second kappa shape index (κ2) is 6.43. The van der Waals surface area contributed by atoms with Gasteiger partial charge < -0.3 is 4.55 Å². The van der Waals surface area contributed by atoms with Crippen LogP contribution in [0.2, 0.25) is 0 Å². The van der Waals surface area contributed by atoms with E-state index in [1.54, 1.807) is 44.2 Å². The van der Waals surface area contributed by atoms with Gasteiger partial charge in [-0.05, 0) is 50.1 Å². The zero-order valence-corrected chi connectivity index (χ0v) is 15.0. The maximum atomic E-state index is 12.7. The smallest absolute Gasteiger partial charge is 0.264 e. The summed E-state index contributed by atoms with van der Waals surface area (Å²) in [5.74, 6) is 0. The SMILES string of the molecule is Cc1ccc(S(=O)(=O)N(C)c2cc(S(=O)O)c(C)cc2C)cc1. The molecule has 0 aliphatic rings. The van der Waals surface area contributed by atoms with Crippen molar-refractivity contribution < 1.29 is 17.2 Å². The molecule has 0 fully saturated rings. The highest BCUT2D eigenvalue weighted by Crippen LogP contribution is 2.29. The van der Waals surface area contributed by atoms with Gasteiger partial charge in [-0.2, -0.15) is 0 Å². The normalized spacial score (nSPS) is 12.9. The van der Waals surface area contributed by atoms with Crippen LogP contribution in [0.3, 0.4) is 0 Å². The molecule has 0 radical (unpaired) electrons. The van der Waals surface area contributed by atoms with Gasteiger partial charge in [0.25, 0.3) is 10.0 Å². The lowest BCUT2D eigenvalue weighted by Crippen LogP contribution is -2.27. The van der Waals surface area contributed by atoms with Crippen molar-refractivity contribution in [3.63, 3.8) is 0 Å². The van der Waals surface area contributed by atoms with Crippen LogP contribution in [0.1, 0.15) is 16.7 Å². The minimum Gasteiger partial charge on any atom is -0.302 e. The number of nitrogens with zero attached hydrogens (tertiary/aromatic N) is 1. The zero-order valence-electron chi connectivity index (χ0n) is 13.4. The van der Waals surface area contributed by atoms with Gasteiger partial charge in [0.15, 0.2) is 11.1 Å². The van der Waals surface area contributed by atoms with Gasteiger partial charge in [-0.1, -0.05) is 23.8 Å². The standard InChI is InChI=1S/C16H19NO4S2/c1-11-5-7-14(8-6-11)23(20,21)17(4)15-10-16(22(18)19)13(3)9-12(15)2/h5-10H,1-4H3,(H,18,19). The average molecular weight is 353 g/mol. The fourth-order valence-electron chi connectivity index (χ4n) is 2.35. The van der Waals surface area contributed by atoms with Crippen molar-refractivity contribution in [2.75, 3.05) is 11.4 Å². The zero-order chi connectivity index (χ0) is 17.4. The van der Waals surface area contributed by atoms with Crippen LogP contribution in [0.4, 0.5) is 5.69 Å². The molecule has 1 unspecified atom stereocenters. The third kappa shape index (κ3) is 3.46. The maximum Gasteiger partial charge on any atom is 0.264 e. The molecule has 5 nitrogen and oxygen atoms in total. The van der Waals surface area contributed by atoms with Crippen LogP contribution < -0.4 is 4.31 Å². The Morgan fingerprint density at radius 2 is 1.57 bits per heavy atom. The largest absolute Gasteiger partial charge is 0.302 e. The highest BCUT2D eigenvalue weighted by Gasteiger charge is 2.23. The molecule has 2 aromatic carbocycles. The summed E-state index contributed by atoms with van der Waals surface area (Å²) >= 11 is -2.17. The van der Waals surface area contributed by atoms with Crippen molar-refractivity contribution in [3.8, 4) is 0 Å². The van der Waals surface area contributed by atoms with E-state index >= 15 is 0 Å². The number of hydrogen-bond acceptors (Lipinski definition) is 3. The van der Waals surface area contributed by atoms with E-state index in [0.717, 1.165) is 15.4 Å². The van der Waals surface area contributed by atoms with Gasteiger partial charge in [0.2, 0.25) is 0 Å². The molecular formula is C16H19NO4S2. The van der Waals surface area contributed by atoms with Gasteiger partial charge in [0, 0.05) is 7.05 Å². The molecule has 0 heterocycles. The van der Waals surface area contributed by atoms with E-state index in [0.29, 0.717) is 11.3 Å². The number of rotatable bonds is 4. The van der Waals surface area contributed by atoms with E-state index in [4.69, 9.17) is 0 Å². The molecule has 0 saturated carbocycles. The van der Waals surface area contributed by atoms with Crippen LogP contribution in [0.5, 0.6) is 0 Å². The Morgan fingerprint density at radius 1 is 1.00 bits per heavy atom. The predicted octanol–water partition coefficient (Wildman–Crippen LogP) is 3.02. The predicted molar refractivity (Wildman–Crippen MR) is 91.7 cm³/mol. The van der Waals surface area contributed by atoms with Gasteiger partial charge in [0.05, 0.1) is 15.5 Å². The molecule has 124 valence electrons. The Morgan fingerprint density at radius 3 is 2.09 bits per heavy atom. The topological polar surface area (TPSA) is 74.7 Å². The molecule has 0 saturated heterocycles. The minimum atomic E-state index is -3.73. The molecule has 0 aromatic heterocycles. The van der Waals surface area contributed by atoms with Crippen molar-refractivity contribution in [2.24, 2.45) is 0 Å². The molecule has 1 N–H and O–H groups in total. The second-order valence-electron chi connectivity index (χ2n) is 5.44. The number of aryl methyl sites for hydroxylation is 3. The first-order valence-electron chi connectivity index (χ1n) is 6.92. The number of benzene rings is 2. The van der Waals surface area contributed by atoms with Crippen LogP contribution in [0, 0.1) is 20.8 Å². The second-order valence-corrected chi connectivity index (χ2v) is 8.35. The summed E-state index contributed by atoms with van der Waals surface area (Å²) in [6.07, 6.45) is 0. The lowest BCUT2D eigenvalue weighted by Gasteiger charge is -2.22. The van der Waals surface area contributed by atoms with Crippen LogP contribution in [-0.4, -0.2) is 24.2 Å². The van der Waals surface area contributed by atoms with Crippen molar-refractivity contribution in [1.29, 1.82) is 0 Å². The molecule has 1 atom stereocenters. The van der Waals surface area contributed by atoms with Crippen LogP contribution >= 0.6 is 0 Å². The van der Waals surface area contributed by atoms with Crippen molar-refractivity contribution >= 4 is 26.8 Å². The van der Waals surface area contributed by atoms with Crippen LogP contribution in [0.25, 0.3) is 0 Å². The molecule has 0 spiro atoms. The first kappa shape index (κ1) is 17.7. The summed E-state index contributed by atoms with van der Waals surface area (Å²) in [5.41, 5.74) is 2.72. The number of anilines is 1. The van der Waals surface area contributed by atoms with E-state index in [2.05, 4.69) is 0 Å². The van der Waals surface area contributed by atoms with E-state index < -0.39 is 21.1 Å². The molecule has 23 heavy (non-hydrogen) atoms. The summed E-state index contributed by atoms with van der Waals surface area (Å²) in [5, 5.41) is 0.